The van der Waals surface area contributed by atoms with E-state index in [1.807, 2.05) is 18.2 Å². The van der Waals surface area contributed by atoms with E-state index >= 15 is 0 Å². The summed E-state index contributed by atoms with van der Waals surface area (Å²) < 4.78 is 10.9. The maximum Gasteiger partial charge on any atom is 0.328 e. The minimum absolute atomic E-state index is 0.0631. The van der Waals surface area contributed by atoms with Crippen molar-refractivity contribution < 1.29 is 19.1 Å². The van der Waals surface area contributed by atoms with Crippen LogP contribution in [0.4, 0.5) is 0 Å². The molecule has 0 spiro atoms. The monoisotopic (exact) mass is 360 g/mol. The van der Waals surface area contributed by atoms with Crippen molar-refractivity contribution in [3.05, 3.63) is 35.9 Å². The number of ether oxygens (including phenoxy) is 2. The molecular weight excluding hydrogens is 332 g/mol. The van der Waals surface area contributed by atoms with Crippen molar-refractivity contribution in [3.63, 3.8) is 0 Å². The molecule has 6 nitrogen and oxygen atoms in total. The fourth-order valence-corrected chi connectivity index (χ4v) is 3.49. The van der Waals surface area contributed by atoms with Crippen molar-refractivity contribution in [1.82, 2.24) is 10.2 Å². The summed E-state index contributed by atoms with van der Waals surface area (Å²) in [5.41, 5.74) is 1.26. The third-order valence-corrected chi connectivity index (χ3v) is 5.07. The third-order valence-electron chi connectivity index (χ3n) is 5.07. The molecule has 1 unspecified atom stereocenters. The molecule has 1 aromatic carbocycles. The predicted octanol–water partition coefficient (Wildman–Crippen LogP) is 1.74. The molecular formula is C20H28N2O4. The smallest absolute Gasteiger partial charge is 0.328 e. The molecule has 142 valence electrons. The number of carbonyl (C=O) groups is 2. The van der Waals surface area contributed by atoms with Gasteiger partial charge in [0.15, 0.2) is 0 Å². The highest BCUT2D eigenvalue weighted by Crippen LogP contribution is 2.17. The number of rotatable bonds is 6. The van der Waals surface area contributed by atoms with E-state index in [1.54, 1.807) is 6.92 Å². The van der Waals surface area contributed by atoms with Crippen LogP contribution in [0.3, 0.4) is 0 Å². The fraction of sp³-hybridized carbons (Fsp3) is 0.600. The lowest BCUT2D eigenvalue weighted by Gasteiger charge is -2.23. The molecule has 26 heavy (non-hydrogen) atoms. The first-order valence-corrected chi connectivity index (χ1v) is 9.46. The van der Waals surface area contributed by atoms with Gasteiger partial charge in [0, 0.05) is 38.8 Å². The van der Waals surface area contributed by atoms with Gasteiger partial charge in [-0.25, -0.2) is 4.79 Å². The van der Waals surface area contributed by atoms with Gasteiger partial charge in [-0.2, -0.15) is 0 Å². The molecule has 0 aliphatic carbocycles. The van der Waals surface area contributed by atoms with Crippen molar-refractivity contribution in [2.45, 2.75) is 44.9 Å². The predicted molar refractivity (Wildman–Crippen MR) is 97.4 cm³/mol. The van der Waals surface area contributed by atoms with E-state index in [4.69, 9.17) is 9.47 Å². The minimum Gasteiger partial charge on any atom is -0.459 e. The van der Waals surface area contributed by atoms with E-state index < -0.39 is 6.04 Å². The lowest BCUT2D eigenvalue weighted by molar-refractivity contribution is -0.152. The van der Waals surface area contributed by atoms with Crippen molar-refractivity contribution >= 4 is 11.9 Å². The van der Waals surface area contributed by atoms with Crippen LogP contribution in [0.1, 0.15) is 31.7 Å². The number of nitrogens with zero attached hydrogens (tertiary/aromatic N) is 1. The van der Waals surface area contributed by atoms with Crippen molar-refractivity contribution in [1.29, 1.82) is 0 Å². The maximum atomic E-state index is 12.3. The van der Waals surface area contributed by atoms with Crippen LogP contribution >= 0.6 is 0 Å². The Balaban J connectivity index is 1.40. The lowest BCUT2D eigenvalue weighted by Crippen LogP contribution is -2.44. The van der Waals surface area contributed by atoms with Gasteiger partial charge in [0.2, 0.25) is 5.91 Å². The topological polar surface area (TPSA) is 67.9 Å². The second-order valence-electron chi connectivity index (χ2n) is 7.19. The Bertz CT molecular complexity index is 601. The highest BCUT2D eigenvalue weighted by Gasteiger charge is 2.29. The lowest BCUT2D eigenvalue weighted by atomic mass is 9.99. The first-order chi connectivity index (χ1) is 12.6. The molecule has 0 bridgehead atoms. The number of esters is 1. The Morgan fingerprint density at radius 1 is 1.23 bits per heavy atom. The summed E-state index contributed by atoms with van der Waals surface area (Å²) in [5, 5.41) is 2.79. The standard InChI is InChI=1S/C20H28N2O4/c1-15(21-19(23)17-8-11-25-12-9-17)20(24)26-18-7-10-22(14-18)13-16-5-3-2-4-6-16/h2-6,15,17-18H,7-14H2,1H3,(H,21,23)/t15?,18-/m1/s1. The zero-order valence-corrected chi connectivity index (χ0v) is 15.4. The molecule has 2 saturated heterocycles. The number of likely N-dealkylation sites (tertiary alicyclic amines) is 1. The van der Waals surface area contributed by atoms with Gasteiger partial charge in [0.25, 0.3) is 0 Å². The third kappa shape index (κ3) is 5.29. The molecule has 1 N–H and O–H groups in total. The Morgan fingerprint density at radius 3 is 2.69 bits per heavy atom. The van der Waals surface area contributed by atoms with Gasteiger partial charge in [-0.05, 0) is 31.7 Å². The minimum atomic E-state index is -0.617. The van der Waals surface area contributed by atoms with E-state index in [9.17, 15) is 9.59 Å². The summed E-state index contributed by atoms with van der Waals surface area (Å²) in [6, 6.07) is 9.67. The average Bonchev–Trinajstić information content (AvgIpc) is 3.10. The second-order valence-corrected chi connectivity index (χ2v) is 7.19. The van der Waals surface area contributed by atoms with Crippen LogP contribution in [-0.4, -0.2) is 55.2 Å². The molecule has 2 atom stereocenters. The van der Waals surface area contributed by atoms with E-state index in [2.05, 4.69) is 22.3 Å². The second kappa shape index (κ2) is 9.14. The largest absolute Gasteiger partial charge is 0.459 e. The summed E-state index contributed by atoms with van der Waals surface area (Å²) in [6.45, 7) is 5.42. The molecule has 0 aromatic heterocycles. The summed E-state index contributed by atoms with van der Waals surface area (Å²) in [6.07, 6.45) is 2.16. The molecule has 1 amide bonds. The van der Waals surface area contributed by atoms with Gasteiger partial charge in [0.1, 0.15) is 12.1 Å². The molecule has 0 radical (unpaired) electrons. The van der Waals surface area contributed by atoms with E-state index in [0.717, 1.165) is 26.1 Å². The fourth-order valence-electron chi connectivity index (χ4n) is 3.49. The molecule has 6 heteroatoms. The van der Waals surface area contributed by atoms with Gasteiger partial charge in [-0.15, -0.1) is 0 Å². The van der Waals surface area contributed by atoms with E-state index in [1.165, 1.54) is 5.56 Å². The Labute approximate surface area is 154 Å². The molecule has 2 aliphatic rings. The van der Waals surface area contributed by atoms with E-state index in [-0.39, 0.29) is 23.9 Å². The first kappa shape index (κ1) is 18.9. The SMILES string of the molecule is CC(NC(=O)C1CCOCC1)C(=O)O[C@@H]1CCN(Cc2ccccc2)C1. The van der Waals surface area contributed by atoms with Crippen LogP contribution in [0.2, 0.25) is 0 Å². The summed E-state index contributed by atoms with van der Waals surface area (Å²) >= 11 is 0. The van der Waals surface area contributed by atoms with Crippen LogP contribution < -0.4 is 5.32 Å². The summed E-state index contributed by atoms with van der Waals surface area (Å²) in [7, 11) is 0. The zero-order chi connectivity index (χ0) is 18.4. The summed E-state index contributed by atoms with van der Waals surface area (Å²) in [4.78, 5) is 26.8. The number of hydrogen-bond donors (Lipinski definition) is 1. The van der Waals surface area contributed by atoms with Crippen molar-refractivity contribution in [2.24, 2.45) is 5.92 Å². The highest BCUT2D eigenvalue weighted by molar-refractivity contribution is 5.85. The number of benzene rings is 1. The van der Waals surface area contributed by atoms with Crippen LogP contribution in [0.5, 0.6) is 0 Å². The Hall–Kier alpha value is -1.92. The van der Waals surface area contributed by atoms with Crippen LogP contribution in [0.15, 0.2) is 30.3 Å². The highest BCUT2D eigenvalue weighted by atomic mass is 16.5. The number of nitrogens with one attached hydrogen (secondary N) is 1. The van der Waals surface area contributed by atoms with Crippen LogP contribution in [-0.2, 0) is 25.6 Å². The quantitative estimate of drug-likeness (QED) is 0.783. The molecule has 0 saturated carbocycles. The average molecular weight is 360 g/mol. The van der Waals surface area contributed by atoms with Gasteiger partial charge in [-0.1, -0.05) is 30.3 Å². The van der Waals surface area contributed by atoms with Gasteiger partial charge in [-0.3, -0.25) is 9.69 Å². The summed E-state index contributed by atoms with van der Waals surface area (Å²) in [5.74, 6) is -0.487. The van der Waals surface area contributed by atoms with Crippen LogP contribution in [0, 0.1) is 5.92 Å². The zero-order valence-electron chi connectivity index (χ0n) is 15.4. The molecule has 3 rings (SSSR count). The maximum absolute atomic E-state index is 12.3. The van der Waals surface area contributed by atoms with Gasteiger partial charge >= 0.3 is 5.97 Å². The normalized spacial score (nSPS) is 22.7. The van der Waals surface area contributed by atoms with E-state index in [0.29, 0.717) is 26.1 Å². The van der Waals surface area contributed by atoms with Gasteiger partial charge in [0.05, 0.1) is 0 Å². The van der Waals surface area contributed by atoms with Crippen LogP contribution in [0.25, 0.3) is 0 Å². The molecule has 2 aliphatic heterocycles. The molecule has 2 fully saturated rings. The molecule has 2 heterocycles. The van der Waals surface area contributed by atoms with Crippen molar-refractivity contribution in [2.75, 3.05) is 26.3 Å². The number of hydrogen-bond acceptors (Lipinski definition) is 5. The Kier molecular flexibility index (Phi) is 6.63. The number of carbonyl (C=O) groups excluding carboxylic acids is 2. The number of amides is 1. The molecule has 1 aromatic rings. The Morgan fingerprint density at radius 2 is 1.96 bits per heavy atom. The van der Waals surface area contributed by atoms with Crippen molar-refractivity contribution in [3.8, 4) is 0 Å². The van der Waals surface area contributed by atoms with Gasteiger partial charge < -0.3 is 14.8 Å². The first-order valence-electron chi connectivity index (χ1n) is 9.46.